The largest absolute Gasteiger partial charge is 0.390 e. The SMILES string of the molecule is CCC(C)(O)CC/C=C(\C)CCC=C(C)C. The monoisotopic (exact) mass is 224 g/mol. The number of hydrogen-bond donors (Lipinski definition) is 1. The van der Waals surface area contributed by atoms with E-state index in [0.29, 0.717) is 0 Å². The fourth-order valence-electron chi connectivity index (χ4n) is 1.50. The lowest BCUT2D eigenvalue weighted by atomic mass is 9.96. The van der Waals surface area contributed by atoms with Crippen molar-refractivity contribution in [3.63, 3.8) is 0 Å². The molecule has 0 saturated heterocycles. The molecule has 0 aliphatic heterocycles. The molecule has 94 valence electrons. The van der Waals surface area contributed by atoms with E-state index >= 15 is 0 Å². The molecule has 0 aliphatic rings. The van der Waals surface area contributed by atoms with Crippen LogP contribution in [0.3, 0.4) is 0 Å². The van der Waals surface area contributed by atoms with Gasteiger partial charge in [0.05, 0.1) is 5.60 Å². The summed E-state index contributed by atoms with van der Waals surface area (Å²) in [5.74, 6) is 0. The Morgan fingerprint density at radius 2 is 1.75 bits per heavy atom. The minimum Gasteiger partial charge on any atom is -0.390 e. The summed E-state index contributed by atoms with van der Waals surface area (Å²) >= 11 is 0. The molecule has 0 aromatic rings. The Labute approximate surface area is 101 Å². The number of hydrogen-bond acceptors (Lipinski definition) is 1. The Bertz CT molecular complexity index is 242. The van der Waals surface area contributed by atoms with Gasteiger partial charge in [-0.25, -0.2) is 0 Å². The highest BCUT2D eigenvalue weighted by atomic mass is 16.3. The summed E-state index contributed by atoms with van der Waals surface area (Å²) in [6, 6.07) is 0. The van der Waals surface area contributed by atoms with Crippen molar-refractivity contribution >= 4 is 0 Å². The maximum absolute atomic E-state index is 9.85. The summed E-state index contributed by atoms with van der Waals surface area (Å²) in [5, 5.41) is 9.85. The Hall–Kier alpha value is -0.560. The van der Waals surface area contributed by atoms with E-state index in [1.54, 1.807) is 0 Å². The maximum atomic E-state index is 9.85. The smallest absolute Gasteiger partial charge is 0.0620 e. The third kappa shape index (κ3) is 8.72. The molecule has 1 unspecified atom stereocenters. The Kier molecular flexibility index (Phi) is 7.40. The van der Waals surface area contributed by atoms with Crippen molar-refractivity contribution in [2.45, 2.75) is 72.3 Å². The van der Waals surface area contributed by atoms with Crippen LogP contribution >= 0.6 is 0 Å². The van der Waals surface area contributed by atoms with Gasteiger partial charge in [-0.3, -0.25) is 0 Å². The van der Waals surface area contributed by atoms with E-state index in [4.69, 9.17) is 0 Å². The van der Waals surface area contributed by atoms with Crippen molar-refractivity contribution < 1.29 is 5.11 Å². The average molecular weight is 224 g/mol. The second kappa shape index (κ2) is 7.67. The minimum atomic E-state index is -0.489. The Morgan fingerprint density at radius 1 is 1.12 bits per heavy atom. The van der Waals surface area contributed by atoms with E-state index in [1.165, 1.54) is 11.1 Å². The number of allylic oxidation sites excluding steroid dienone is 4. The van der Waals surface area contributed by atoms with Crippen molar-refractivity contribution in [2.24, 2.45) is 0 Å². The molecule has 0 amide bonds. The van der Waals surface area contributed by atoms with Gasteiger partial charge in [0, 0.05) is 0 Å². The summed E-state index contributed by atoms with van der Waals surface area (Å²) in [6.45, 7) is 10.4. The van der Waals surface area contributed by atoms with Crippen LogP contribution in [0.15, 0.2) is 23.3 Å². The molecule has 1 N–H and O–H groups in total. The zero-order valence-electron chi connectivity index (χ0n) is 11.6. The van der Waals surface area contributed by atoms with Crippen LogP contribution in [0.1, 0.15) is 66.7 Å². The van der Waals surface area contributed by atoms with Crippen molar-refractivity contribution in [1.29, 1.82) is 0 Å². The fourth-order valence-corrected chi connectivity index (χ4v) is 1.50. The molecule has 0 aliphatic carbocycles. The van der Waals surface area contributed by atoms with Crippen LogP contribution in [0, 0.1) is 0 Å². The Morgan fingerprint density at radius 3 is 2.25 bits per heavy atom. The minimum absolute atomic E-state index is 0.489. The summed E-state index contributed by atoms with van der Waals surface area (Å²) in [7, 11) is 0. The molecule has 0 heterocycles. The van der Waals surface area contributed by atoms with Gasteiger partial charge in [-0.15, -0.1) is 0 Å². The molecular weight excluding hydrogens is 196 g/mol. The van der Waals surface area contributed by atoms with E-state index in [2.05, 4.69) is 32.9 Å². The summed E-state index contributed by atoms with van der Waals surface area (Å²) in [5.41, 5.74) is 2.34. The third-order valence-corrected chi connectivity index (χ3v) is 3.03. The summed E-state index contributed by atoms with van der Waals surface area (Å²) in [6.07, 6.45) is 9.50. The first-order valence-electron chi connectivity index (χ1n) is 6.39. The van der Waals surface area contributed by atoms with Crippen LogP contribution in [-0.2, 0) is 0 Å². The first-order chi connectivity index (χ1) is 7.37. The normalized spacial score (nSPS) is 15.8. The molecule has 0 spiro atoms. The number of aliphatic hydroxyl groups is 1. The van der Waals surface area contributed by atoms with Gasteiger partial charge in [-0.05, 0) is 59.8 Å². The van der Waals surface area contributed by atoms with Gasteiger partial charge in [-0.2, -0.15) is 0 Å². The lowest BCUT2D eigenvalue weighted by molar-refractivity contribution is 0.0480. The Balaban J connectivity index is 3.83. The van der Waals surface area contributed by atoms with Gasteiger partial charge < -0.3 is 5.11 Å². The first-order valence-corrected chi connectivity index (χ1v) is 6.39. The molecule has 0 aromatic carbocycles. The van der Waals surface area contributed by atoms with Crippen LogP contribution < -0.4 is 0 Å². The molecular formula is C15H28O. The molecule has 1 nitrogen and oxygen atoms in total. The summed E-state index contributed by atoms with van der Waals surface area (Å²) < 4.78 is 0. The van der Waals surface area contributed by atoms with Gasteiger partial charge in [0.1, 0.15) is 0 Å². The van der Waals surface area contributed by atoms with Crippen molar-refractivity contribution in [3.8, 4) is 0 Å². The van der Waals surface area contributed by atoms with E-state index < -0.39 is 5.60 Å². The number of rotatable bonds is 7. The van der Waals surface area contributed by atoms with E-state index in [1.807, 2.05) is 13.8 Å². The molecule has 1 atom stereocenters. The maximum Gasteiger partial charge on any atom is 0.0620 e. The summed E-state index contributed by atoms with van der Waals surface area (Å²) in [4.78, 5) is 0. The predicted octanol–water partition coefficient (Wildman–Crippen LogP) is 4.62. The molecule has 0 bridgehead atoms. The van der Waals surface area contributed by atoms with E-state index in [9.17, 15) is 5.11 Å². The quantitative estimate of drug-likeness (QED) is 0.626. The molecule has 0 fully saturated rings. The topological polar surface area (TPSA) is 20.2 Å². The average Bonchev–Trinajstić information content (AvgIpc) is 2.17. The van der Waals surface area contributed by atoms with E-state index in [-0.39, 0.29) is 0 Å². The van der Waals surface area contributed by atoms with Gasteiger partial charge in [0.2, 0.25) is 0 Å². The zero-order valence-corrected chi connectivity index (χ0v) is 11.6. The van der Waals surface area contributed by atoms with Gasteiger partial charge >= 0.3 is 0 Å². The van der Waals surface area contributed by atoms with E-state index in [0.717, 1.165) is 32.1 Å². The molecule has 16 heavy (non-hydrogen) atoms. The van der Waals surface area contributed by atoms with Crippen molar-refractivity contribution in [3.05, 3.63) is 23.3 Å². The van der Waals surface area contributed by atoms with Crippen LogP contribution in [0.5, 0.6) is 0 Å². The molecule has 0 aromatic heterocycles. The lowest BCUT2D eigenvalue weighted by Gasteiger charge is -2.20. The lowest BCUT2D eigenvalue weighted by Crippen LogP contribution is -2.21. The fraction of sp³-hybridized carbons (Fsp3) is 0.733. The van der Waals surface area contributed by atoms with Crippen LogP contribution in [0.4, 0.5) is 0 Å². The highest BCUT2D eigenvalue weighted by Crippen LogP contribution is 2.17. The zero-order chi connectivity index (χ0) is 12.6. The molecule has 1 heteroatoms. The second-order valence-corrected chi connectivity index (χ2v) is 5.26. The standard InChI is InChI=1S/C15H28O/c1-6-15(5,16)12-8-11-14(4)10-7-9-13(2)3/h9,11,16H,6-8,10,12H2,1-5H3/b14-11+. The third-order valence-electron chi connectivity index (χ3n) is 3.03. The second-order valence-electron chi connectivity index (χ2n) is 5.26. The van der Waals surface area contributed by atoms with Gasteiger partial charge in [-0.1, -0.05) is 30.2 Å². The first kappa shape index (κ1) is 15.4. The predicted molar refractivity (Wildman–Crippen MR) is 72.6 cm³/mol. The molecule has 0 radical (unpaired) electrons. The molecule has 0 rings (SSSR count). The van der Waals surface area contributed by atoms with Crippen LogP contribution in [-0.4, -0.2) is 10.7 Å². The highest BCUT2D eigenvalue weighted by Gasteiger charge is 2.15. The van der Waals surface area contributed by atoms with Crippen molar-refractivity contribution in [2.75, 3.05) is 0 Å². The van der Waals surface area contributed by atoms with Crippen LogP contribution in [0.25, 0.3) is 0 Å². The van der Waals surface area contributed by atoms with Gasteiger partial charge in [0.15, 0.2) is 0 Å². The van der Waals surface area contributed by atoms with Crippen LogP contribution in [0.2, 0.25) is 0 Å². The molecule has 0 saturated carbocycles. The van der Waals surface area contributed by atoms with Gasteiger partial charge in [0.25, 0.3) is 0 Å². The highest BCUT2D eigenvalue weighted by molar-refractivity contribution is 5.02. The van der Waals surface area contributed by atoms with Crippen molar-refractivity contribution in [1.82, 2.24) is 0 Å².